The summed E-state index contributed by atoms with van der Waals surface area (Å²) in [5.74, 6) is -0.354. The summed E-state index contributed by atoms with van der Waals surface area (Å²) in [5.41, 5.74) is 1.69. The van der Waals surface area contributed by atoms with Gasteiger partial charge in [0.2, 0.25) is 0 Å². The average Bonchev–Trinajstić information content (AvgIpc) is 3.18. The number of benzene rings is 1. The van der Waals surface area contributed by atoms with E-state index in [0.717, 1.165) is 30.3 Å². The molecule has 26 heavy (non-hydrogen) atoms. The van der Waals surface area contributed by atoms with Gasteiger partial charge in [-0.1, -0.05) is 11.3 Å². The normalized spacial score (nSPS) is 24.7. The van der Waals surface area contributed by atoms with E-state index in [-0.39, 0.29) is 11.7 Å². The summed E-state index contributed by atoms with van der Waals surface area (Å²) in [6, 6.07) is 6.91. The molecule has 2 unspecified atom stereocenters. The van der Waals surface area contributed by atoms with E-state index in [2.05, 4.69) is 10.2 Å². The van der Waals surface area contributed by atoms with Crippen LogP contribution < -0.4 is 10.2 Å². The zero-order chi connectivity index (χ0) is 17.7. The molecule has 2 bridgehead atoms. The van der Waals surface area contributed by atoms with Crippen molar-refractivity contribution >= 4 is 22.4 Å². The highest BCUT2D eigenvalue weighted by atomic mass is 32.1. The Kier molecular flexibility index (Phi) is 3.94. The molecule has 0 saturated carbocycles. The van der Waals surface area contributed by atoms with E-state index in [1.165, 1.54) is 29.9 Å². The number of carbonyl (C=O) groups is 1. The quantitative estimate of drug-likeness (QED) is 0.880. The second-order valence-electron chi connectivity index (χ2n) is 7.30. The number of carbonyl (C=O) groups excluding carboxylic acids is 1. The van der Waals surface area contributed by atoms with E-state index in [0.29, 0.717) is 30.7 Å². The number of piperazine rings is 1. The third kappa shape index (κ3) is 2.70. The van der Waals surface area contributed by atoms with Crippen LogP contribution in [0, 0.1) is 5.82 Å². The summed E-state index contributed by atoms with van der Waals surface area (Å²) in [7, 11) is 0. The third-order valence-corrected chi connectivity index (χ3v) is 6.79. The lowest BCUT2D eigenvalue weighted by Gasteiger charge is -2.35. The molecule has 1 N–H and O–H groups in total. The molecule has 0 spiro atoms. The Morgan fingerprint density at radius 1 is 1.19 bits per heavy atom. The Hall–Kier alpha value is -1.99. The van der Waals surface area contributed by atoms with Crippen molar-refractivity contribution in [3.05, 3.63) is 46.2 Å². The Labute approximate surface area is 155 Å². The van der Waals surface area contributed by atoms with Gasteiger partial charge >= 0.3 is 0 Å². The SMILES string of the molecule is O=C(c1ccc(F)cc1)N1CCc2nc(N3C4CCC3CNC4)sc2C1. The molecule has 0 aliphatic carbocycles. The molecule has 1 aromatic heterocycles. The highest BCUT2D eigenvalue weighted by molar-refractivity contribution is 7.15. The van der Waals surface area contributed by atoms with Crippen molar-refractivity contribution in [3.63, 3.8) is 0 Å². The molecule has 136 valence electrons. The van der Waals surface area contributed by atoms with Gasteiger partial charge < -0.3 is 15.1 Å². The molecule has 0 radical (unpaired) electrons. The first kappa shape index (κ1) is 16.2. The van der Waals surface area contributed by atoms with Gasteiger partial charge in [0.1, 0.15) is 5.82 Å². The van der Waals surface area contributed by atoms with E-state index >= 15 is 0 Å². The standard InChI is InChI=1S/C19H21FN4OS/c20-13-3-1-12(2-4-13)18(25)23-8-7-16-17(11-23)26-19(22-16)24-14-5-6-15(24)10-21-9-14/h1-4,14-15,21H,5-11H2. The van der Waals surface area contributed by atoms with Crippen molar-refractivity contribution < 1.29 is 9.18 Å². The Balaban J connectivity index is 1.36. The van der Waals surface area contributed by atoms with Crippen LogP contribution in [0.2, 0.25) is 0 Å². The average molecular weight is 372 g/mol. The minimum absolute atomic E-state index is 0.0344. The van der Waals surface area contributed by atoms with Crippen molar-refractivity contribution in [3.8, 4) is 0 Å². The topological polar surface area (TPSA) is 48.5 Å². The van der Waals surface area contributed by atoms with Crippen molar-refractivity contribution in [2.75, 3.05) is 24.5 Å². The van der Waals surface area contributed by atoms with Crippen LogP contribution in [0.4, 0.5) is 9.52 Å². The molecule has 2 fully saturated rings. The molecule has 1 aromatic carbocycles. The largest absolute Gasteiger partial charge is 0.340 e. The molecule has 5 nitrogen and oxygen atoms in total. The van der Waals surface area contributed by atoms with Crippen LogP contribution in [0.1, 0.15) is 33.8 Å². The van der Waals surface area contributed by atoms with Gasteiger partial charge in [-0.2, -0.15) is 0 Å². The Bertz CT molecular complexity index is 821. The maximum atomic E-state index is 13.1. The predicted molar refractivity (Wildman–Crippen MR) is 99.1 cm³/mol. The fourth-order valence-corrected chi connectivity index (χ4v) is 5.60. The van der Waals surface area contributed by atoms with Crippen LogP contribution in [0.15, 0.2) is 24.3 Å². The first-order valence-corrected chi connectivity index (χ1v) is 10.0. The lowest BCUT2D eigenvalue weighted by molar-refractivity contribution is 0.0736. The number of hydrogen-bond acceptors (Lipinski definition) is 5. The number of aromatic nitrogens is 1. The van der Waals surface area contributed by atoms with Gasteiger partial charge in [0.25, 0.3) is 5.91 Å². The van der Waals surface area contributed by atoms with Gasteiger partial charge in [0, 0.05) is 48.6 Å². The Morgan fingerprint density at radius 3 is 2.65 bits per heavy atom. The van der Waals surface area contributed by atoms with Gasteiger partial charge in [0.05, 0.1) is 12.2 Å². The summed E-state index contributed by atoms with van der Waals surface area (Å²) in [6.07, 6.45) is 3.26. The highest BCUT2D eigenvalue weighted by Gasteiger charge is 2.39. The minimum Gasteiger partial charge on any atom is -0.340 e. The smallest absolute Gasteiger partial charge is 0.254 e. The first-order chi connectivity index (χ1) is 12.7. The van der Waals surface area contributed by atoms with E-state index in [1.54, 1.807) is 23.5 Å². The molecule has 5 rings (SSSR count). The van der Waals surface area contributed by atoms with Gasteiger partial charge in [-0.3, -0.25) is 4.79 Å². The molecule has 2 saturated heterocycles. The van der Waals surface area contributed by atoms with Crippen LogP contribution in [0.25, 0.3) is 0 Å². The summed E-state index contributed by atoms with van der Waals surface area (Å²) in [5, 5.41) is 4.63. The van der Waals surface area contributed by atoms with Gasteiger partial charge in [0.15, 0.2) is 5.13 Å². The molecule has 2 atom stereocenters. The van der Waals surface area contributed by atoms with E-state index < -0.39 is 0 Å². The fraction of sp³-hybridized carbons (Fsp3) is 0.474. The van der Waals surface area contributed by atoms with Gasteiger partial charge in [-0.15, -0.1) is 0 Å². The number of rotatable bonds is 2. The second kappa shape index (κ2) is 6.32. The maximum Gasteiger partial charge on any atom is 0.254 e. The van der Waals surface area contributed by atoms with Crippen LogP contribution >= 0.6 is 11.3 Å². The molecule has 2 aromatic rings. The van der Waals surface area contributed by atoms with Crippen LogP contribution in [0.5, 0.6) is 0 Å². The van der Waals surface area contributed by atoms with E-state index in [4.69, 9.17) is 4.98 Å². The highest BCUT2D eigenvalue weighted by Crippen LogP contribution is 2.38. The number of halogens is 1. The monoisotopic (exact) mass is 372 g/mol. The third-order valence-electron chi connectivity index (χ3n) is 5.70. The lowest BCUT2D eigenvalue weighted by atomic mass is 10.1. The molecule has 1 amide bonds. The maximum absolute atomic E-state index is 13.1. The molecule has 4 heterocycles. The number of anilines is 1. The number of nitrogens with one attached hydrogen (secondary N) is 1. The van der Waals surface area contributed by atoms with Crippen molar-refractivity contribution in [1.82, 2.24) is 15.2 Å². The minimum atomic E-state index is -0.319. The van der Waals surface area contributed by atoms with Crippen LogP contribution in [-0.2, 0) is 13.0 Å². The second-order valence-corrected chi connectivity index (χ2v) is 8.36. The zero-order valence-corrected chi connectivity index (χ0v) is 15.3. The number of nitrogens with zero attached hydrogens (tertiary/aromatic N) is 3. The van der Waals surface area contributed by atoms with Crippen molar-refractivity contribution in [1.29, 1.82) is 0 Å². The summed E-state index contributed by atoms with van der Waals surface area (Å²) < 4.78 is 13.1. The van der Waals surface area contributed by atoms with Crippen LogP contribution in [-0.4, -0.2) is 47.5 Å². The summed E-state index contributed by atoms with van der Waals surface area (Å²) >= 11 is 1.74. The lowest BCUT2D eigenvalue weighted by Crippen LogP contribution is -2.51. The Morgan fingerprint density at radius 2 is 1.92 bits per heavy atom. The van der Waals surface area contributed by atoms with Gasteiger partial charge in [-0.05, 0) is 37.1 Å². The fourth-order valence-electron chi connectivity index (χ4n) is 4.33. The molecular formula is C19H21FN4OS. The number of fused-ring (bicyclic) bond motifs is 3. The summed E-state index contributed by atoms with van der Waals surface area (Å²) in [4.78, 5) is 23.2. The van der Waals surface area contributed by atoms with Crippen molar-refractivity contribution in [2.45, 2.75) is 37.9 Å². The van der Waals surface area contributed by atoms with Crippen LogP contribution in [0.3, 0.4) is 0 Å². The van der Waals surface area contributed by atoms with E-state index in [1.807, 2.05) is 4.90 Å². The number of thiazole rings is 1. The molecule has 3 aliphatic heterocycles. The molecule has 7 heteroatoms. The van der Waals surface area contributed by atoms with Crippen molar-refractivity contribution in [2.24, 2.45) is 0 Å². The zero-order valence-electron chi connectivity index (χ0n) is 14.4. The van der Waals surface area contributed by atoms with Gasteiger partial charge in [-0.25, -0.2) is 9.37 Å². The molecule has 3 aliphatic rings. The number of amides is 1. The molecular weight excluding hydrogens is 351 g/mol. The predicted octanol–water partition coefficient (Wildman–Crippen LogP) is 2.42. The summed E-state index contributed by atoms with van der Waals surface area (Å²) in [6.45, 7) is 3.34. The number of hydrogen-bond donors (Lipinski definition) is 1. The van der Waals surface area contributed by atoms with E-state index in [9.17, 15) is 9.18 Å². The first-order valence-electron chi connectivity index (χ1n) is 9.21.